The number of rotatable bonds is 2. The van der Waals surface area contributed by atoms with Crippen LogP contribution in [-0.2, 0) is 4.79 Å². The van der Waals surface area contributed by atoms with E-state index < -0.39 is 11.9 Å². The molecule has 17 heavy (non-hydrogen) atoms. The van der Waals surface area contributed by atoms with Crippen LogP contribution in [-0.4, -0.2) is 40.0 Å². The molecular formula is C12H14N2O3. The van der Waals surface area contributed by atoms with Crippen LogP contribution in [0.25, 0.3) is 0 Å². The minimum Gasteiger partial charge on any atom is -0.481 e. The minimum atomic E-state index is -0.825. The fourth-order valence-corrected chi connectivity index (χ4v) is 2.04. The zero-order chi connectivity index (χ0) is 12.3. The SMILES string of the molecule is O=C(O)[C@H]1CCCN(C(=O)c2cccnc2)C1. The zero-order valence-electron chi connectivity index (χ0n) is 9.37. The van der Waals surface area contributed by atoms with Crippen molar-refractivity contribution in [2.45, 2.75) is 12.8 Å². The lowest BCUT2D eigenvalue weighted by molar-refractivity contribution is -0.143. The number of pyridine rings is 1. The highest BCUT2D eigenvalue weighted by Gasteiger charge is 2.28. The summed E-state index contributed by atoms with van der Waals surface area (Å²) in [4.78, 5) is 28.5. The number of carboxylic acid groups (broad SMARTS) is 1. The van der Waals surface area contributed by atoms with E-state index in [1.54, 1.807) is 23.2 Å². The van der Waals surface area contributed by atoms with Crippen LogP contribution in [0.15, 0.2) is 24.5 Å². The van der Waals surface area contributed by atoms with Crippen LogP contribution in [0.4, 0.5) is 0 Å². The van der Waals surface area contributed by atoms with Gasteiger partial charge in [-0.25, -0.2) is 0 Å². The zero-order valence-corrected chi connectivity index (χ0v) is 9.37. The van der Waals surface area contributed by atoms with Gasteiger partial charge >= 0.3 is 5.97 Å². The van der Waals surface area contributed by atoms with Crippen molar-refractivity contribution in [2.75, 3.05) is 13.1 Å². The summed E-state index contributed by atoms with van der Waals surface area (Å²) < 4.78 is 0. The molecule has 5 nitrogen and oxygen atoms in total. The van der Waals surface area contributed by atoms with Gasteiger partial charge in [-0.3, -0.25) is 14.6 Å². The highest BCUT2D eigenvalue weighted by atomic mass is 16.4. The lowest BCUT2D eigenvalue weighted by Gasteiger charge is -2.30. The minimum absolute atomic E-state index is 0.135. The third-order valence-corrected chi connectivity index (χ3v) is 2.97. The molecule has 1 fully saturated rings. The molecule has 2 heterocycles. The van der Waals surface area contributed by atoms with Crippen molar-refractivity contribution in [3.63, 3.8) is 0 Å². The van der Waals surface area contributed by atoms with Crippen molar-refractivity contribution < 1.29 is 14.7 Å². The summed E-state index contributed by atoms with van der Waals surface area (Å²) in [5, 5.41) is 8.96. The number of likely N-dealkylation sites (tertiary alicyclic amines) is 1. The van der Waals surface area contributed by atoms with Gasteiger partial charge in [-0.2, -0.15) is 0 Å². The molecule has 0 bridgehead atoms. The summed E-state index contributed by atoms with van der Waals surface area (Å²) in [5.41, 5.74) is 0.513. The molecule has 5 heteroatoms. The van der Waals surface area contributed by atoms with Crippen molar-refractivity contribution in [1.82, 2.24) is 9.88 Å². The van der Waals surface area contributed by atoms with Gasteiger partial charge in [-0.15, -0.1) is 0 Å². The molecule has 0 radical (unpaired) electrons. The van der Waals surface area contributed by atoms with Crippen molar-refractivity contribution in [3.8, 4) is 0 Å². The third kappa shape index (κ3) is 2.61. The Morgan fingerprint density at radius 2 is 2.29 bits per heavy atom. The third-order valence-electron chi connectivity index (χ3n) is 2.97. The molecule has 2 rings (SSSR count). The Morgan fingerprint density at radius 3 is 2.94 bits per heavy atom. The quantitative estimate of drug-likeness (QED) is 0.829. The number of carboxylic acids is 1. The second kappa shape index (κ2) is 4.95. The van der Waals surface area contributed by atoms with Crippen LogP contribution in [0.1, 0.15) is 23.2 Å². The maximum atomic E-state index is 12.1. The smallest absolute Gasteiger partial charge is 0.308 e. The van der Waals surface area contributed by atoms with E-state index in [1.165, 1.54) is 6.20 Å². The van der Waals surface area contributed by atoms with E-state index in [1.807, 2.05) is 0 Å². The van der Waals surface area contributed by atoms with Crippen LogP contribution in [0.2, 0.25) is 0 Å². The molecule has 0 saturated carbocycles. The van der Waals surface area contributed by atoms with Gasteiger partial charge in [0, 0.05) is 25.5 Å². The molecule has 1 atom stereocenters. The first-order valence-corrected chi connectivity index (χ1v) is 5.60. The highest BCUT2D eigenvalue weighted by molar-refractivity contribution is 5.94. The predicted molar refractivity (Wildman–Crippen MR) is 60.5 cm³/mol. The molecule has 1 saturated heterocycles. The number of hydrogen-bond donors (Lipinski definition) is 1. The van der Waals surface area contributed by atoms with Gasteiger partial charge in [-0.1, -0.05) is 0 Å². The number of amides is 1. The topological polar surface area (TPSA) is 70.5 Å². The summed E-state index contributed by atoms with van der Waals surface area (Å²) in [5.74, 6) is -1.40. The van der Waals surface area contributed by atoms with Gasteiger partial charge in [0.1, 0.15) is 0 Å². The lowest BCUT2D eigenvalue weighted by Crippen LogP contribution is -2.42. The fourth-order valence-electron chi connectivity index (χ4n) is 2.04. The van der Waals surface area contributed by atoms with E-state index in [4.69, 9.17) is 5.11 Å². The molecule has 0 spiro atoms. The summed E-state index contributed by atoms with van der Waals surface area (Å²) in [6.07, 6.45) is 4.49. The van der Waals surface area contributed by atoms with Crippen molar-refractivity contribution in [1.29, 1.82) is 0 Å². The molecule has 1 amide bonds. The maximum absolute atomic E-state index is 12.1. The molecule has 90 valence electrons. The Kier molecular flexibility index (Phi) is 3.37. The number of aliphatic carboxylic acids is 1. The van der Waals surface area contributed by atoms with Crippen molar-refractivity contribution in [3.05, 3.63) is 30.1 Å². The van der Waals surface area contributed by atoms with E-state index in [0.717, 1.165) is 6.42 Å². The average molecular weight is 234 g/mol. The van der Waals surface area contributed by atoms with Gasteiger partial charge in [0.05, 0.1) is 11.5 Å². The summed E-state index contributed by atoms with van der Waals surface area (Å²) in [6, 6.07) is 3.39. The summed E-state index contributed by atoms with van der Waals surface area (Å²) in [6.45, 7) is 0.917. The van der Waals surface area contributed by atoms with E-state index in [0.29, 0.717) is 25.1 Å². The fraction of sp³-hybridized carbons (Fsp3) is 0.417. The first-order chi connectivity index (χ1) is 8.18. The largest absolute Gasteiger partial charge is 0.481 e. The van der Waals surface area contributed by atoms with Crippen LogP contribution >= 0.6 is 0 Å². The Labute approximate surface area is 99.1 Å². The number of piperidine rings is 1. The van der Waals surface area contributed by atoms with E-state index in [2.05, 4.69) is 4.98 Å². The predicted octanol–water partition coefficient (Wildman–Crippen LogP) is 1.02. The van der Waals surface area contributed by atoms with Gasteiger partial charge in [0.15, 0.2) is 0 Å². The molecule has 0 aliphatic carbocycles. The molecule has 0 unspecified atom stereocenters. The Balaban J connectivity index is 2.07. The van der Waals surface area contributed by atoms with E-state index in [-0.39, 0.29) is 5.91 Å². The first-order valence-electron chi connectivity index (χ1n) is 5.60. The molecule has 1 aliphatic heterocycles. The summed E-state index contributed by atoms with van der Waals surface area (Å²) >= 11 is 0. The molecule has 1 N–H and O–H groups in total. The molecule has 1 aromatic rings. The van der Waals surface area contributed by atoms with Crippen LogP contribution < -0.4 is 0 Å². The van der Waals surface area contributed by atoms with Gasteiger partial charge in [0.25, 0.3) is 5.91 Å². The number of carbonyl (C=O) groups is 2. The number of nitrogens with zero attached hydrogens (tertiary/aromatic N) is 2. The van der Waals surface area contributed by atoms with Gasteiger partial charge in [0.2, 0.25) is 0 Å². The summed E-state index contributed by atoms with van der Waals surface area (Å²) in [7, 11) is 0. The molecular weight excluding hydrogens is 220 g/mol. The molecule has 1 aromatic heterocycles. The van der Waals surface area contributed by atoms with Gasteiger partial charge in [-0.05, 0) is 25.0 Å². The normalized spacial score (nSPS) is 20.0. The number of carbonyl (C=O) groups excluding carboxylic acids is 1. The Hall–Kier alpha value is -1.91. The second-order valence-electron chi connectivity index (χ2n) is 4.17. The Morgan fingerprint density at radius 1 is 1.47 bits per heavy atom. The van der Waals surface area contributed by atoms with Crippen molar-refractivity contribution in [2.24, 2.45) is 5.92 Å². The molecule has 0 aromatic carbocycles. The standard InChI is InChI=1S/C12H14N2O3/c15-11(9-3-1-5-13-7-9)14-6-2-4-10(8-14)12(16)17/h1,3,5,7,10H,2,4,6,8H2,(H,16,17)/t10-/m0/s1. The van der Waals surface area contributed by atoms with Gasteiger partial charge < -0.3 is 10.0 Å². The maximum Gasteiger partial charge on any atom is 0.308 e. The van der Waals surface area contributed by atoms with E-state index >= 15 is 0 Å². The average Bonchev–Trinajstić information content (AvgIpc) is 2.39. The van der Waals surface area contributed by atoms with Crippen LogP contribution in [0.3, 0.4) is 0 Å². The number of aromatic nitrogens is 1. The van der Waals surface area contributed by atoms with Crippen LogP contribution in [0.5, 0.6) is 0 Å². The van der Waals surface area contributed by atoms with Crippen LogP contribution in [0, 0.1) is 5.92 Å². The monoisotopic (exact) mass is 234 g/mol. The second-order valence-corrected chi connectivity index (χ2v) is 4.17. The van der Waals surface area contributed by atoms with Crippen molar-refractivity contribution >= 4 is 11.9 Å². The molecule has 1 aliphatic rings. The first kappa shape index (κ1) is 11.6. The van der Waals surface area contributed by atoms with E-state index in [9.17, 15) is 9.59 Å². The number of hydrogen-bond acceptors (Lipinski definition) is 3. The lowest BCUT2D eigenvalue weighted by atomic mass is 9.98. The highest BCUT2D eigenvalue weighted by Crippen LogP contribution is 2.18. The Bertz CT molecular complexity index is 419.